The molecular weight excluding hydrogens is 192 g/mol. The largest absolute Gasteiger partial charge is 0.367 e. The highest BCUT2D eigenvalue weighted by molar-refractivity contribution is 5.77. The van der Waals surface area contributed by atoms with Crippen LogP contribution < -0.4 is 10.6 Å². The van der Waals surface area contributed by atoms with Gasteiger partial charge in [0.15, 0.2) is 0 Å². The molecule has 1 atom stereocenters. The van der Waals surface area contributed by atoms with Crippen LogP contribution in [0.5, 0.6) is 0 Å². The zero-order valence-corrected chi connectivity index (χ0v) is 9.71. The second-order valence-corrected chi connectivity index (χ2v) is 4.01. The van der Waals surface area contributed by atoms with Crippen molar-refractivity contribution in [2.45, 2.75) is 45.3 Å². The van der Waals surface area contributed by atoms with Gasteiger partial charge in [-0.2, -0.15) is 0 Å². The Morgan fingerprint density at radius 2 is 2.27 bits per heavy atom. The molecule has 2 N–H and O–H groups in total. The van der Waals surface area contributed by atoms with Gasteiger partial charge in [-0.1, -0.05) is 13.8 Å². The summed E-state index contributed by atoms with van der Waals surface area (Å²) in [5, 5.41) is 6.16. The third kappa shape index (κ3) is 4.62. The van der Waals surface area contributed by atoms with E-state index in [0.29, 0.717) is 6.04 Å². The van der Waals surface area contributed by atoms with Crippen molar-refractivity contribution in [3.63, 3.8) is 0 Å². The lowest BCUT2D eigenvalue weighted by molar-refractivity contribution is -0.128. The first-order valence-electron chi connectivity index (χ1n) is 5.88. The fourth-order valence-corrected chi connectivity index (χ4v) is 1.73. The van der Waals surface area contributed by atoms with Crippen LogP contribution >= 0.6 is 0 Å². The average Bonchev–Trinajstić information content (AvgIpc) is 2.75. The molecule has 1 rings (SSSR count). The Morgan fingerprint density at radius 3 is 2.80 bits per heavy atom. The summed E-state index contributed by atoms with van der Waals surface area (Å²) >= 11 is 0. The summed E-state index contributed by atoms with van der Waals surface area (Å²) in [5.74, 6) is 0.00981. The lowest BCUT2D eigenvalue weighted by Crippen LogP contribution is -2.37. The van der Waals surface area contributed by atoms with Crippen molar-refractivity contribution < 1.29 is 9.53 Å². The molecule has 1 aliphatic rings. The highest BCUT2D eigenvalue weighted by Crippen LogP contribution is 2.02. The van der Waals surface area contributed by atoms with Crippen molar-refractivity contribution in [3.8, 4) is 0 Å². The molecule has 1 saturated heterocycles. The van der Waals surface area contributed by atoms with Crippen molar-refractivity contribution in [2.24, 2.45) is 0 Å². The van der Waals surface area contributed by atoms with Crippen LogP contribution in [0.15, 0.2) is 0 Å². The highest BCUT2D eigenvalue weighted by atomic mass is 16.5. The van der Waals surface area contributed by atoms with Crippen molar-refractivity contribution >= 4 is 5.91 Å². The average molecular weight is 214 g/mol. The third-order valence-electron chi connectivity index (χ3n) is 2.82. The SMILES string of the molecule is CCC(CC)NC(=O)COC1CCNC1. The Labute approximate surface area is 91.8 Å². The van der Waals surface area contributed by atoms with Crippen LogP contribution in [0.25, 0.3) is 0 Å². The lowest BCUT2D eigenvalue weighted by Gasteiger charge is -2.16. The fourth-order valence-electron chi connectivity index (χ4n) is 1.73. The van der Waals surface area contributed by atoms with Gasteiger partial charge in [0.1, 0.15) is 6.61 Å². The molecule has 1 unspecified atom stereocenters. The van der Waals surface area contributed by atoms with Crippen molar-refractivity contribution in [1.29, 1.82) is 0 Å². The Balaban J connectivity index is 2.11. The molecule has 1 aliphatic heterocycles. The molecule has 0 radical (unpaired) electrons. The van der Waals surface area contributed by atoms with Crippen LogP contribution in [0, 0.1) is 0 Å². The summed E-state index contributed by atoms with van der Waals surface area (Å²) in [6.45, 7) is 6.23. The van der Waals surface area contributed by atoms with Gasteiger partial charge in [-0.05, 0) is 25.8 Å². The molecule has 0 spiro atoms. The Bertz CT molecular complexity index is 187. The molecule has 1 heterocycles. The lowest BCUT2D eigenvalue weighted by atomic mass is 10.2. The van der Waals surface area contributed by atoms with Crippen LogP contribution in [-0.2, 0) is 9.53 Å². The molecule has 1 amide bonds. The monoisotopic (exact) mass is 214 g/mol. The van der Waals surface area contributed by atoms with E-state index in [0.717, 1.165) is 32.4 Å². The van der Waals surface area contributed by atoms with Gasteiger partial charge in [-0.3, -0.25) is 4.79 Å². The number of ether oxygens (including phenoxy) is 1. The van der Waals surface area contributed by atoms with Crippen molar-refractivity contribution in [3.05, 3.63) is 0 Å². The van der Waals surface area contributed by atoms with Crippen LogP contribution in [0.4, 0.5) is 0 Å². The zero-order valence-electron chi connectivity index (χ0n) is 9.71. The summed E-state index contributed by atoms with van der Waals surface area (Å²) < 4.78 is 5.48. The van der Waals surface area contributed by atoms with E-state index >= 15 is 0 Å². The fraction of sp³-hybridized carbons (Fsp3) is 0.909. The molecule has 0 saturated carbocycles. The molecule has 88 valence electrons. The molecular formula is C11H22N2O2. The summed E-state index contributed by atoms with van der Waals surface area (Å²) in [7, 11) is 0. The highest BCUT2D eigenvalue weighted by Gasteiger charge is 2.16. The first-order valence-corrected chi connectivity index (χ1v) is 5.88. The Kier molecular flexibility index (Phi) is 5.65. The maximum Gasteiger partial charge on any atom is 0.246 e. The van der Waals surface area contributed by atoms with E-state index < -0.39 is 0 Å². The maximum atomic E-state index is 11.5. The summed E-state index contributed by atoms with van der Waals surface area (Å²) in [6.07, 6.45) is 3.19. The molecule has 1 fully saturated rings. The van der Waals surface area contributed by atoms with E-state index in [1.54, 1.807) is 0 Å². The number of carbonyl (C=O) groups is 1. The van der Waals surface area contributed by atoms with Crippen molar-refractivity contribution in [1.82, 2.24) is 10.6 Å². The first-order chi connectivity index (χ1) is 7.26. The van der Waals surface area contributed by atoms with Gasteiger partial charge in [-0.25, -0.2) is 0 Å². The number of hydrogen-bond donors (Lipinski definition) is 2. The molecule has 0 bridgehead atoms. The maximum absolute atomic E-state index is 11.5. The molecule has 0 aromatic carbocycles. The molecule has 4 heteroatoms. The molecule has 0 aromatic heterocycles. The minimum Gasteiger partial charge on any atom is -0.367 e. The summed E-state index contributed by atoms with van der Waals surface area (Å²) in [5.41, 5.74) is 0. The van der Waals surface area contributed by atoms with Crippen LogP contribution in [0.3, 0.4) is 0 Å². The topological polar surface area (TPSA) is 50.4 Å². The van der Waals surface area contributed by atoms with Crippen LogP contribution in [0.2, 0.25) is 0 Å². The molecule has 0 aliphatic carbocycles. The Morgan fingerprint density at radius 1 is 1.53 bits per heavy atom. The molecule has 0 aromatic rings. The van der Waals surface area contributed by atoms with E-state index in [1.165, 1.54) is 0 Å². The van der Waals surface area contributed by atoms with Gasteiger partial charge in [0, 0.05) is 12.6 Å². The summed E-state index contributed by atoms with van der Waals surface area (Å²) in [6, 6.07) is 0.294. The van der Waals surface area contributed by atoms with E-state index in [2.05, 4.69) is 24.5 Å². The third-order valence-corrected chi connectivity index (χ3v) is 2.82. The van der Waals surface area contributed by atoms with Gasteiger partial charge in [-0.15, -0.1) is 0 Å². The minimum absolute atomic E-state index is 0.00981. The first kappa shape index (κ1) is 12.5. The molecule has 4 nitrogen and oxygen atoms in total. The number of rotatable bonds is 6. The molecule has 15 heavy (non-hydrogen) atoms. The number of nitrogens with one attached hydrogen (secondary N) is 2. The van der Waals surface area contributed by atoms with Crippen LogP contribution in [0.1, 0.15) is 33.1 Å². The normalized spacial score (nSPS) is 20.9. The second kappa shape index (κ2) is 6.80. The van der Waals surface area contributed by atoms with Gasteiger partial charge in [0.25, 0.3) is 0 Å². The Hall–Kier alpha value is -0.610. The predicted molar refractivity (Wildman–Crippen MR) is 59.7 cm³/mol. The quantitative estimate of drug-likeness (QED) is 0.683. The van der Waals surface area contributed by atoms with Crippen LogP contribution in [-0.4, -0.2) is 37.7 Å². The van der Waals surface area contributed by atoms with E-state index in [1.807, 2.05) is 0 Å². The van der Waals surface area contributed by atoms with Gasteiger partial charge >= 0.3 is 0 Å². The van der Waals surface area contributed by atoms with Gasteiger partial charge in [0.2, 0.25) is 5.91 Å². The minimum atomic E-state index is 0.00981. The standard InChI is InChI=1S/C11H22N2O2/c1-3-9(4-2)13-11(14)8-15-10-5-6-12-7-10/h9-10,12H,3-8H2,1-2H3,(H,13,14). The predicted octanol–water partition coefficient (Wildman–Crippen LogP) is 0.670. The van der Waals surface area contributed by atoms with E-state index in [-0.39, 0.29) is 18.6 Å². The van der Waals surface area contributed by atoms with E-state index in [4.69, 9.17) is 4.74 Å². The smallest absolute Gasteiger partial charge is 0.246 e. The zero-order chi connectivity index (χ0) is 11.1. The number of carbonyl (C=O) groups excluding carboxylic acids is 1. The van der Waals surface area contributed by atoms with E-state index in [9.17, 15) is 4.79 Å². The number of hydrogen-bond acceptors (Lipinski definition) is 3. The summed E-state index contributed by atoms with van der Waals surface area (Å²) in [4.78, 5) is 11.5. The second-order valence-electron chi connectivity index (χ2n) is 4.01. The van der Waals surface area contributed by atoms with Gasteiger partial charge < -0.3 is 15.4 Å². The van der Waals surface area contributed by atoms with Gasteiger partial charge in [0.05, 0.1) is 6.10 Å². The number of amides is 1. The van der Waals surface area contributed by atoms with Crippen molar-refractivity contribution in [2.75, 3.05) is 19.7 Å².